The van der Waals surface area contributed by atoms with Crippen molar-refractivity contribution in [3.8, 4) is 56.0 Å². The summed E-state index contributed by atoms with van der Waals surface area (Å²) in [5.74, 6) is 0. The van der Waals surface area contributed by atoms with E-state index < -0.39 is 5.41 Å². The van der Waals surface area contributed by atoms with E-state index in [1.54, 1.807) is 0 Å². The largest absolute Gasteiger partial charge is 0.310 e. The molecule has 5 aliphatic rings. The van der Waals surface area contributed by atoms with E-state index in [9.17, 15) is 0 Å². The average Bonchev–Trinajstić information content (AvgIpc) is 1.43. The number of benzene rings is 10. The van der Waals surface area contributed by atoms with E-state index >= 15 is 0 Å². The Morgan fingerprint density at radius 1 is 0.381 bits per heavy atom. The van der Waals surface area contributed by atoms with Crippen molar-refractivity contribution in [1.82, 2.24) is 9.13 Å². The monoisotopic (exact) mass is 1080 g/mol. The maximum absolute atomic E-state index is 2.81. The van der Waals surface area contributed by atoms with Crippen LogP contribution in [-0.2, 0) is 32.5 Å². The molecular formula is C81H73BN2. The molecule has 0 fully saturated rings. The molecule has 3 aliphatic heterocycles. The highest BCUT2D eigenvalue weighted by atomic mass is 15.1. The molecule has 0 unspecified atom stereocenters. The summed E-state index contributed by atoms with van der Waals surface area (Å²) in [6.07, 6.45) is 2.29. The Hall–Kier alpha value is -8.14. The van der Waals surface area contributed by atoms with Gasteiger partial charge in [-0.2, -0.15) is 0 Å². The summed E-state index contributed by atoms with van der Waals surface area (Å²) in [6, 6.07) is 72.9. The fourth-order valence-corrected chi connectivity index (χ4v) is 17.0. The third-order valence-electron chi connectivity index (χ3n) is 21.4. The first-order chi connectivity index (χ1) is 40.1. The molecule has 2 nitrogen and oxygen atoms in total. The molecule has 84 heavy (non-hydrogen) atoms. The van der Waals surface area contributed by atoms with Crippen molar-refractivity contribution in [1.29, 1.82) is 0 Å². The summed E-state index contributed by atoms with van der Waals surface area (Å²) in [7, 11) is 0. The van der Waals surface area contributed by atoms with Gasteiger partial charge in [-0.25, -0.2) is 0 Å². The Bertz CT molecular complexity index is 4890. The molecule has 10 aromatic carbocycles. The highest BCUT2D eigenvalue weighted by molar-refractivity contribution is 7.01. The number of fused-ring (bicyclic) bond motifs is 14. The van der Waals surface area contributed by atoms with Crippen LogP contribution in [0.15, 0.2) is 182 Å². The van der Waals surface area contributed by atoms with Gasteiger partial charge in [0.15, 0.2) is 0 Å². The topological polar surface area (TPSA) is 9.86 Å². The predicted octanol–water partition coefficient (Wildman–Crippen LogP) is 18.9. The maximum Gasteiger partial charge on any atom is 0.253 e. The number of aromatic nitrogens is 2. The van der Waals surface area contributed by atoms with Crippen LogP contribution in [0.1, 0.15) is 153 Å². The van der Waals surface area contributed by atoms with Gasteiger partial charge in [0.2, 0.25) is 0 Å². The van der Waals surface area contributed by atoms with Gasteiger partial charge in [-0.1, -0.05) is 236 Å². The van der Waals surface area contributed by atoms with Gasteiger partial charge >= 0.3 is 0 Å². The lowest BCUT2D eigenvalue weighted by Crippen LogP contribution is -2.61. The van der Waals surface area contributed by atoms with Gasteiger partial charge in [0, 0.05) is 38.6 Å². The van der Waals surface area contributed by atoms with Gasteiger partial charge in [-0.15, -0.1) is 0 Å². The van der Waals surface area contributed by atoms with Gasteiger partial charge < -0.3 is 9.13 Å². The van der Waals surface area contributed by atoms with E-state index in [0.717, 1.165) is 12.8 Å². The van der Waals surface area contributed by atoms with Crippen molar-refractivity contribution in [3.05, 3.63) is 232 Å². The number of nitrogens with zero attached hydrogens (tertiary/aromatic N) is 2. The fraction of sp³-hybridized carbons (Fsp3) is 0.259. The van der Waals surface area contributed by atoms with Crippen LogP contribution >= 0.6 is 0 Å². The summed E-state index contributed by atoms with van der Waals surface area (Å²) >= 11 is 0. The van der Waals surface area contributed by atoms with E-state index in [1.807, 2.05) is 0 Å². The molecule has 12 aromatic rings. The first kappa shape index (κ1) is 50.4. The van der Waals surface area contributed by atoms with Crippen LogP contribution in [0.25, 0.3) is 99.5 Å². The Morgan fingerprint density at radius 3 is 1.60 bits per heavy atom. The smallest absolute Gasteiger partial charge is 0.253 e. The van der Waals surface area contributed by atoms with E-state index in [4.69, 9.17) is 0 Å². The minimum Gasteiger partial charge on any atom is -0.310 e. The third-order valence-corrected chi connectivity index (χ3v) is 21.4. The number of hydrogen-bond acceptors (Lipinski definition) is 0. The van der Waals surface area contributed by atoms with E-state index in [2.05, 4.69) is 281 Å². The second-order valence-electron chi connectivity index (χ2n) is 30.3. The first-order valence-corrected chi connectivity index (χ1v) is 31.1. The highest BCUT2D eigenvalue weighted by Crippen LogP contribution is 2.63. The molecule has 1 spiro atoms. The lowest BCUT2D eigenvalue weighted by molar-refractivity contribution is 0.332. The summed E-state index contributed by atoms with van der Waals surface area (Å²) < 4.78 is 5.59. The zero-order chi connectivity index (χ0) is 57.7. The molecule has 2 aliphatic carbocycles. The van der Waals surface area contributed by atoms with Gasteiger partial charge in [-0.05, 0) is 187 Å². The Balaban J connectivity index is 1.11. The lowest BCUT2D eigenvalue weighted by Gasteiger charge is -2.44. The second kappa shape index (κ2) is 16.2. The van der Waals surface area contributed by atoms with Gasteiger partial charge in [-0.3, -0.25) is 0 Å². The molecule has 2 aromatic heterocycles. The molecule has 0 saturated carbocycles. The summed E-state index contributed by atoms with van der Waals surface area (Å²) in [5.41, 5.74) is 33.1. The molecule has 17 rings (SSSR count). The van der Waals surface area contributed by atoms with Crippen LogP contribution in [0.2, 0.25) is 0 Å². The van der Waals surface area contributed by atoms with Crippen LogP contribution in [0.4, 0.5) is 0 Å². The summed E-state index contributed by atoms with van der Waals surface area (Å²) in [5, 5.41) is 6.64. The van der Waals surface area contributed by atoms with Gasteiger partial charge in [0.05, 0.1) is 22.1 Å². The molecule has 0 atom stereocenters. The Labute approximate surface area is 496 Å². The zero-order valence-electron chi connectivity index (χ0n) is 51.2. The molecule has 0 saturated heterocycles. The first-order valence-electron chi connectivity index (χ1n) is 31.1. The highest BCUT2D eigenvalue weighted by Gasteiger charge is 2.55. The average molecular weight is 1090 g/mol. The Morgan fingerprint density at radius 2 is 0.952 bits per heavy atom. The van der Waals surface area contributed by atoms with E-state index in [-0.39, 0.29) is 33.8 Å². The summed E-state index contributed by atoms with van der Waals surface area (Å²) in [6.45, 7) is 31.4. The standard InChI is InChI=1S/C81H73BN2/c1-76(2,3)49-33-31-46(32-34-49)55-44-63-64(80(12,13)38-37-79(63,10)11)45-56(55)68-59-39-48-25-17-18-26-52(48)69-74(59)83(71(68)47-23-15-14-16-24-47)67-36-35-62-75-70(67)82(69)66-43-51(78(7,8)9)41-58-57-40-50(77(4,5)6)42-65(72(57)84(75)73(58)66)81(62)60-29-21-19-27-53(60)54-28-20-22-30-61(54)81/h14-36,39-45H,37-38H2,1-13H3. The van der Waals surface area contributed by atoms with Crippen molar-refractivity contribution in [2.75, 3.05) is 0 Å². The van der Waals surface area contributed by atoms with Crippen molar-refractivity contribution in [2.45, 2.75) is 135 Å². The van der Waals surface area contributed by atoms with Crippen LogP contribution in [0.3, 0.4) is 0 Å². The van der Waals surface area contributed by atoms with Gasteiger partial charge in [0.1, 0.15) is 0 Å². The molecule has 0 amide bonds. The number of hydrogen-bond donors (Lipinski definition) is 0. The normalized spacial score (nSPS) is 16.3. The van der Waals surface area contributed by atoms with Crippen LogP contribution in [-0.4, -0.2) is 15.8 Å². The van der Waals surface area contributed by atoms with Crippen molar-refractivity contribution in [2.24, 2.45) is 0 Å². The van der Waals surface area contributed by atoms with Crippen molar-refractivity contribution >= 4 is 66.6 Å². The van der Waals surface area contributed by atoms with E-state index in [1.165, 1.54) is 166 Å². The molecule has 410 valence electrons. The quantitative estimate of drug-likeness (QED) is 0.156. The fourth-order valence-electron chi connectivity index (χ4n) is 17.0. The lowest BCUT2D eigenvalue weighted by atomic mass is 9.33. The molecule has 3 heteroatoms. The van der Waals surface area contributed by atoms with E-state index in [0.29, 0.717) is 0 Å². The minimum atomic E-state index is -0.587. The predicted molar refractivity (Wildman–Crippen MR) is 358 cm³/mol. The summed E-state index contributed by atoms with van der Waals surface area (Å²) in [4.78, 5) is 0. The van der Waals surface area contributed by atoms with Gasteiger partial charge in [0.25, 0.3) is 6.71 Å². The van der Waals surface area contributed by atoms with Crippen LogP contribution in [0.5, 0.6) is 0 Å². The molecule has 0 radical (unpaired) electrons. The Kier molecular flexibility index (Phi) is 9.71. The maximum atomic E-state index is 2.81. The second-order valence-corrected chi connectivity index (χ2v) is 30.3. The van der Waals surface area contributed by atoms with Crippen LogP contribution in [0, 0.1) is 0 Å². The minimum absolute atomic E-state index is 0.0134. The van der Waals surface area contributed by atoms with Crippen LogP contribution < -0.4 is 16.4 Å². The van der Waals surface area contributed by atoms with Crippen molar-refractivity contribution < 1.29 is 0 Å². The SMILES string of the molecule is CC(C)(C)c1ccc(-c2cc3c(cc2-c2c(-c4ccccc4)n4c5c(c6ccccc6cc25)B2c5c-4ccc4c5-n5c6c2cc(C(C)(C)C)cc6c2cc(C(C)(C)C)cc(c25)C42c4ccccc4-c4ccccc42)C(C)(C)CCC3(C)C)cc1. The third kappa shape index (κ3) is 6.33. The molecule has 0 N–H and O–H groups in total. The zero-order valence-corrected chi connectivity index (χ0v) is 51.2. The molecular weight excluding hydrogens is 1010 g/mol. The number of rotatable bonds is 3. The molecule has 0 bridgehead atoms. The molecule has 5 heterocycles. The van der Waals surface area contributed by atoms with Crippen molar-refractivity contribution in [3.63, 3.8) is 0 Å².